The molecule has 2 fully saturated rings. The minimum atomic E-state index is 0.765. The maximum Gasteiger partial charge on any atom is 0.0594 e. The van der Waals surface area contributed by atoms with E-state index in [9.17, 15) is 0 Å². The monoisotopic (exact) mass is 274 g/mol. The lowest BCUT2D eigenvalue weighted by Crippen LogP contribution is -2.49. The van der Waals surface area contributed by atoms with Crippen LogP contribution in [0.1, 0.15) is 24.0 Å². The highest BCUT2D eigenvalue weighted by Crippen LogP contribution is 2.24. The first-order valence-corrected chi connectivity index (χ1v) is 7.88. The maximum absolute atomic E-state index is 5.45. The Kier molecular flexibility index (Phi) is 4.27. The summed E-state index contributed by atoms with van der Waals surface area (Å²) in [6.07, 6.45) is 2.57. The first kappa shape index (κ1) is 13.9. The van der Waals surface area contributed by atoms with E-state index in [4.69, 9.17) is 4.74 Å². The molecule has 2 saturated heterocycles. The number of nitrogens with zero attached hydrogens (tertiary/aromatic N) is 2. The molecule has 0 aliphatic carbocycles. The van der Waals surface area contributed by atoms with E-state index in [2.05, 4.69) is 41.8 Å². The van der Waals surface area contributed by atoms with Crippen molar-refractivity contribution in [1.29, 1.82) is 0 Å². The number of ether oxygens (including phenoxy) is 1. The molecule has 0 radical (unpaired) electrons. The van der Waals surface area contributed by atoms with E-state index >= 15 is 0 Å². The summed E-state index contributed by atoms with van der Waals surface area (Å²) in [7, 11) is 0. The van der Waals surface area contributed by atoms with Gasteiger partial charge >= 0.3 is 0 Å². The second-order valence-corrected chi connectivity index (χ2v) is 6.14. The van der Waals surface area contributed by atoms with Crippen molar-refractivity contribution in [1.82, 2.24) is 4.90 Å². The zero-order valence-electron chi connectivity index (χ0n) is 12.8. The van der Waals surface area contributed by atoms with E-state index in [1.54, 1.807) is 0 Å². The van der Waals surface area contributed by atoms with Crippen LogP contribution in [0.2, 0.25) is 0 Å². The molecule has 3 rings (SSSR count). The Morgan fingerprint density at radius 3 is 2.30 bits per heavy atom. The molecule has 1 aromatic carbocycles. The number of morpholine rings is 1. The number of hydrogen-bond donors (Lipinski definition) is 0. The first-order chi connectivity index (χ1) is 9.74. The smallest absolute Gasteiger partial charge is 0.0594 e. The summed E-state index contributed by atoms with van der Waals surface area (Å²) in [6, 6.07) is 7.63. The Morgan fingerprint density at radius 1 is 0.950 bits per heavy atom. The van der Waals surface area contributed by atoms with Crippen LogP contribution in [0.15, 0.2) is 18.2 Å². The minimum Gasteiger partial charge on any atom is -0.379 e. The molecular formula is C17H26N2O. The van der Waals surface area contributed by atoms with Gasteiger partial charge in [0.05, 0.1) is 13.2 Å². The fraction of sp³-hybridized carbons (Fsp3) is 0.647. The van der Waals surface area contributed by atoms with Gasteiger partial charge in [-0.15, -0.1) is 0 Å². The summed E-state index contributed by atoms with van der Waals surface area (Å²) >= 11 is 0. The lowest BCUT2D eigenvalue weighted by atomic mass is 10.0. The number of anilines is 1. The fourth-order valence-electron chi connectivity index (χ4n) is 3.35. The van der Waals surface area contributed by atoms with Gasteiger partial charge in [0.2, 0.25) is 0 Å². The third-order valence-corrected chi connectivity index (χ3v) is 4.88. The van der Waals surface area contributed by atoms with Gasteiger partial charge in [-0.1, -0.05) is 6.07 Å². The van der Waals surface area contributed by atoms with Gasteiger partial charge in [0.25, 0.3) is 0 Å². The van der Waals surface area contributed by atoms with Crippen LogP contribution in [0.5, 0.6) is 0 Å². The zero-order valence-corrected chi connectivity index (χ0v) is 12.8. The van der Waals surface area contributed by atoms with Crippen molar-refractivity contribution in [2.75, 3.05) is 44.3 Å². The molecular weight excluding hydrogens is 248 g/mol. The molecule has 0 aromatic heterocycles. The Bertz CT molecular complexity index is 446. The van der Waals surface area contributed by atoms with Gasteiger partial charge in [-0.05, 0) is 49.9 Å². The highest BCUT2D eigenvalue weighted by molar-refractivity contribution is 5.50. The Labute approximate surface area is 122 Å². The Balaban J connectivity index is 1.58. The average molecular weight is 274 g/mol. The largest absolute Gasteiger partial charge is 0.379 e. The zero-order chi connectivity index (χ0) is 13.9. The van der Waals surface area contributed by atoms with Crippen molar-refractivity contribution >= 4 is 5.69 Å². The summed E-state index contributed by atoms with van der Waals surface area (Å²) in [5, 5.41) is 0. The molecule has 20 heavy (non-hydrogen) atoms. The van der Waals surface area contributed by atoms with Gasteiger partial charge in [0, 0.05) is 37.9 Å². The van der Waals surface area contributed by atoms with Crippen LogP contribution in [0.4, 0.5) is 5.69 Å². The van der Waals surface area contributed by atoms with E-state index < -0.39 is 0 Å². The molecule has 0 saturated carbocycles. The van der Waals surface area contributed by atoms with Crippen molar-refractivity contribution in [3.05, 3.63) is 29.3 Å². The summed E-state index contributed by atoms with van der Waals surface area (Å²) in [6.45, 7) is 10.8. The van der Waals surface area contributed by atoms with Crippen molar-refractivity contribution in [2.24, 2.45) is 0 Å². The van der Waals surface area contributed by atoms with Crippen LogP contribution < -0.4 is 4.90 Å². The van der Waals surface area contributed by atoms with Gasteiger partial charge in [-0.2, -0.15) is 0 Å². The third-order valence-electron chi connectivity index (χ3n) is 4.88. The number of hydrogen-bond acceptors (Lipinski definition) is 3. The average Bonchev–Trinajstić information content (AvgIpc) is 2.51. The van der Waals surface area contributed by atoms with E-state index in [1.807, 2.05) is 0 Å². The molecule has 0 unspecified atom stereocenters. The van der Waals surface area contributed by atoms with Gasteiger partial charge in [-0.3, -0.25) is 4.90 Å². The summed E-state index contributed by atoms with van der Waals surface area (Å²) < 4.78 is 5.45. The number of rotatable bonds is 2. The number of aryl methyl sites for hydroxylation is 2. The molecule has 1 aromatic rings. The second-order valence-electron chi connectivity index (χ2n) is 6.14. The van der Waals surface area contributed by atoms with E-state index in [0.717, 1.165) is 32.3 Å². The minimum absolute atomic E-state index is 0.765. The summed E-state index contributed by atoms with van der Waals surface area (Å²) in [5.41, 5.74) is 4.18. The highest BCUT2D eigenvalue weighted by Gasteiger charge is 2.25. The van der Waals surface area contributed by atoms with Crippen LogP contribution in [0.25, 0.3) is 0 Å². The van der Waals surface area contributed by atoms with Gasteiger partial charge in [-0.25, -0.2) is 0 Å². The van der Waals surface area contributed by atoms with Gasteiger partial charge < -0.3 is 9.64 Å². The van der Waals surface area contributed by atoms with Crippen LogP contribution in [-0.4, -0.2) is 50.3 Å². The quantitative estimate of drug-likeness (QED) is 0.824. The fourth-order valence-corrected chi connectivity index (χ4v) is 3.35. The lowest BCUT2D eigenvalue weighted by molar-refractivity contribution is 0.0115. The summed E-state index contributed by atoms with van der Waals surface area (Å²) in [5.74, 6) is 0. The van der Waals surface area contributed by atoms with Gasteiger partial charge in [0.15, 0.2) is 0 Å². The molecule has 2 aliphatic heterocycles. The van der Waals surface area contributed by atoms with Crippen molar-refractivity contribution in [2.45, 2.75) is 32.7 Å². The molecule has 2 heterocycles. The van der Waals surface area contributed by atoms with Crippen molar-refractivity contribution in [3.8, 4) is 0 Å². The number of piperidine rings is 1. The third kappa shape index (κ3) is 2.99. The van der Waals surface area contributed by atoms with Crippen molar-refractivity contribution in [3.63, 3.8) is 0 Å². The molecule has 3 nitrogen and oxygen atoms in total. The standard InChI is InChI=1S/C17H26N2O/c1-14-3-4-17(13-15(14)2)18-7-5-16(6-8-18)19-9-11-20-12-10-19/h3-4,13,16H,5-12H2,1-2H3. The Morgan fingerprint density at radius 2 is 1.65 bits per heavy atom. The predicted molar refractivity (Wildman–Crippen MR) is 83.5 cm³/mol. The molecule has 3 heteroatoms. The lowest BCUT2D eigenvalue weighted by Gasteiger charge is -2.41. The molecule has 0 amide bonds. The topological polar surface area (TPSA) is 15.7 Å². The van der Waals surface area contributed by atoms with E-state index in [1.165, 1.54) is 42.7 Å². The summed E-state index contributed by atoms with van der Waals surface area (Å²) in [4.78, 5) is 5.17. The van der Waals surface area contributed by atoms with E-state index in [-0.39, 0.29) is 0 Å². The van der Waals surface area contributed by atoms with Crippen LogP contribution >= 0.6 is 0 Å². The molecule has 0 N–H and O–H groups in total. The van der Waals surface area contributed by atoms with Crippen LogP contribution in [0.3, 0.4) is 0 Å². The second kappa shape index (κ2) is 6.15. The molecule has 110 valence electrons. The Hall–Kier alpha value is -1.06. The van der Waals surface area contributed by atoms with Crippen LogP contribution in [-0.2, 0) is 4.74 Å². The van der Waals surface area contributed by atoms with Gasteiger partial charge in [0.1, 0.15) is 0 Å². The van der Waals surface area contributed by atoms with Crippen LogP contribution in [0, 0.1) is 13.8 Å². The van der Waals surface area contributed by atoms with Crippen molar-refractivity contribution < 1.29 is 4.74 Å². The first-order valence-electron chi connectivity index (χ1n) is 7.88. The molecule has 0 bridgehead atoms. The SMILES string of the molecule is Cc1ccc(N2CCC(N3CCOCC3)CC2)cc1C. The highest BCUT2D eigenvalue weighted by atomic mass is 16.5. The number of benzene rings is 1. The normalized spacial score (nSPS) is 22.2. The maximum atomic E-state index is 5.45. The molecule has 0 spiro atoms. The van der Waals surface area contributed by atoms with E-state index in [0.29, 0.717) is 0 Å². The molecule has 0 atom stereocenters. The molecule has 2 aliphatic rings. The predicted octanol–water partition coefficient (Wildman–Crippen LogP) is 2.60.